The van der Waals surface area contributed by atoms with Crippen LogP contribution < -0.4 is 30.2 Å². The molecule has 43 heavy (non-hydrogen) atoms. The van der Waals surface area contributed by atoms with Crippen molar-refractivity contribution in [3.63, 3.8) is 0 Å². The fourth-order valence-corrected chi connectivity index (χ4v) is 4.89. The summed E-state index contributed by atoms with van der Waals surface area (Å²) in [4.78, 5) is 29.0. The average molecular weight is 607 g/mol. The van der Waals surface area contributed by atoms with Crippen molar-refractivity contribution < 1.29 is 28.2 Å². The Morgan fingerprint density at radius 2 is 1.77 bits per heavy atom. The Hall–Kier alpha value is -4.41. The topological polar surface area (TPSA) is 111 Å². The number of pyridine rings is 1. The van der Waals surface area contributed by atoms with Crippen molar-refractivity contribution >= 4 is 40.0 Å². The van der Waals surface area contributed by atoms with E-state index < -0.39 is 17.6 Å². The predicted molar refractivity (Wildman–Crippen MR) is 163 cm³/mol. The molecule has 1 aliphatic heterocycles. The van der Waals surface area contributed by atoms with Gasteiger partial charge in [0.1, 0.15) is 5.75 Å². The van der Waals surface area contributed by atoms with E-state index in [2.05, 4.69) is 20.9 Å². The number of halogens is 2. The van der Waals surface area contributed by atoms with Gasteiger partial charge in [-0.3, -0.25) is 14.6 Å². The van der Waals surface area contributed by atoms with Crippen molar-refractivity contribution in [1.29, 1.82) is 0 Å². The first-order valence-electron chi connectivity index (χ1n) is 14.0. The summed E-state index contributed by atoms with van der Waals surface area (Å²) in [6, 6.07) is 16.3. The highest BCUT2D eigenvalue weighted by atomic mass is 35.5. The minimum atomic E-state index is -0.908. The molecule has 5 rings (SSSR count). The number of methoxy groups -OCH3 is 1. The number of anilines is 1. The van der Waals surface area contributed by atoms with E-state index in [0.717, 1.165) is 37.6 Å². The standard InChI is InChI=1S/C32H32ClFN4O5/c1-41-29-17-24-26(18-30(29)42-19-21-8-12-35-13-9-21)36-15-11-27(24)43-28-7-6-23(16-25(28)34)38-32(40)31(39)37-14-10-20-2-4-22(33)5-3-20/h2-7,11,15-18,21,35H,8-10,12-14,19H2,1H3,(H,37,39)(H,38,40). The molecule has 0 aliphatic carbocycles. The molecule has 0 unspecified atom stereocenters. The Morgan fingerprint density at radius 1 is 0.977 bits per heavy atom. The maximum atomic E-state index is 15.0. The van der Waals surface area contributed by atoms with Gasteiger partial charge in [0.25, 0.3) is 0 Å². The number of benzene rings is 3. The van der Waals surface area contributed by atoms with Crippen molar-refractivity contribution in [2.45, 2.75) is 19.3 Å². The molecular formula is C32H32ClFN4O5. The molecule has 0 radical (unpaired) electrons. The number of rotatable bonds is 10. The van der Waals surface area contributed by atoms with Gasteiger partial charge < -0.3 is 30.2 Å². The summed E-state index contributed by atoms with van der Waals surface area (Å²) >= 11 is 5.88. The largest absolute Gasteiger partial charge is 0.493 e. The number of aromatic nitrogens is 1. The van der Waals surface area contributed by atoms with Gasteiger partial charge >= 0.3 is 11.8 Å². The summed E-state index contributed by atoms with van der Waals surface area (Å²) < 4.78 is 32.6. The predicted octanol–water partition coefficient (Wildman–Crippen LogP) is 5.50. The van der Waals surface area contributed by atoms with E-state index in [-0.39, 0.29) is 18.0 Å². The molecular weight excluding hydrogens is 575 g/mol. The number of fused-ring (bicyclic) bond motifs is 1. The fraction of sp³-hybridized carbons (Fsp3) is 0.281. The van der Waals surface area contributed by atoms with Crippen LogP contribution in [-0.2, 0) is 16.0 Å². The molecule has 11 heteroatoms. The molecule has 3 aromatic carbocycles. The molecule has 4 aromatic rings. The molecule has 224 valence electrons. The SMILES string of the molecule is COc1cc2c(Oc3ccc(NC(=O)C(=O)NCCc4ccc(Cl)cc4)cc3F)ccnc2cc1OCC1CCNCC1. The monoisotopic (exact) mass is 606 g/mol. The quantitative estimate of drug-likeness (QED) is 0.204. The number of ether oxygens (including phenoxy) is 3. The van der Waals surface area contributed by atoms with Crippen LogP contribution in [0.25, 0.3) is 10.9 Å². The zero-order valence-electron chi connectivity index (χ0n) is 23.6. The third kappa shape index (κ3) is 7.91. The van der Waals surface area contributed by atoms with Crippen molar-refractivity contribution in [2.75, 3.05) is 38.7 Å². The summed E-state index contributed by atoms with van der Waals surface area (Å²) in [7, 11) is 1.56. The number of hydrogen-bond donors (Lipinski definition) is 3. The highest BCUT2D eigenvalue weighted by Gasteiger charge is 2.18. The molecule has 1 aliphatic rings. The van der Waals surface area contributed by atoms with Crippen LogP contribution in [0.15, 0.2) is 66.9 Å². The summed E-state index contributed by atoms with van der Waals surface area (Å²) in [5.74, 6) is -0.593. The number of hydrogen-bond acceptors (Lipinski definition) is 7. The smallest absolute Gasteiger partial charge is 0.313 e. The van der Waals surface area contributed by atoms with Gasteiger partial charge in [0.2, 0.25) is 0 Å². The van der Waals surface area contributed by atoms with E-state index in [1.54, 1.807) is 43.6 Å². The number of carbonyl (C=O) groups is 2. The van der Waals surface area contributed by atoms with E-state index >= 15 is 4.39 Å². The molecule has 0 atom stereocenters. The van der Waals surface area contributed by atoms with Crippen LogP contribution in [-0.4, -0.2) is 50.1 Å². The van der Waals surface area contributed by atoms with E-state index in [0.29, 0.717) is 52.1 Å². The van der Waals surface area contributed by atoms with E-state index in [4.69, 9.17) is 25.8 Å². The second-order valence-corrected chi connectivity index (χ2v) is 10.6. The van der Waals surface area contributed by atoms with Gasteiger partial charge in [-0.1, -0.05) is 23.7 Å². The van der Waals surface area contributed by atoms with Crippen LogP contribution in [0.1, 0.15) is 18.4 Å². The van der Waals surface area contributed by atoms with Crippen LogP contribution in [0.5, 0.6) is 23.0 Å². The van der Waals surface area contributed by atoms with Crippen LogP contribution in [0.3, 0.4) is 0 Å². The molecule has 3 N–H and O–H groups in total. The summed E-state index contributed by atoms with van der Waals surface area (Å²) in [6.45, 7) is 2.80. The molecule has 1 saturated heterocycles. The van der Waals surface area contributed by atoms with E-state index in [9.17, 15) is 9.59 Å². The number of nitrogens with one attached hydrogen (secondary N) is 3. The molecule has 1 aromatic heterocycles. The van der Waals surface area contributed by atoms with Crippen molar-refractivity contribution in [3.8, 4) is 23.0 Å². The lowest BCUT2D eigenvalue weighted by Crippen LogP contribution is -2.36. The van der Waals surface area contributed by atoms with Gasteiger partial charge in [-0.15, -0.1) is 0 Å². The van der Waals surface area contributed by atoms with Crippen LogP contribution in [0, 0.1) is 11.7 Å². The maximum Gasteiger partial charge on any atom is 0.313 e. The molecule has 2 amide bonds. The second-order valence-electron chi connectivity index (χ2n) is 10.2. The summed E-state index contributed by atoms with van der Waals surface area (Å²) in [5, 5.41) is 9.54. The van der Waals surface area contributed by atoms with Crippen molar-refractivity contribution in [1.82, 2.24) is 15.6 Å². The van der Waals surface area contributed by atoms with Gasteiger partial charge in [-0.2, -0.15) is 0 Å². The zero-order valence-corrected chi connectivity index (χ0v) is 24.4. The Bertz CT molecular complexity index is 1600. The lowest BCUT2D eigenvalue weighted by molar-refractivity contribution is -0.136. The van der Waals surface area contributed by atoms with Gasteiger partial charge in [-0.05, 0) is 80.2 Å². The van der Waals surface area contributed by atoms with Gasteiger partial charge in [-0.25, -0.2) is 4.39 Å². The average Bonchev–Trinajstić information content (AvgIpc) is 3.02. The summed E-state index contributed by atoms with van der Waals surface area (Å²) in [6.07, 6.45) is 4.20. The van der Waals surface area contributed by atoms with Crippen molar-refractivity contribution in [2.24, 2.45) is 5.92 Å². The third-order valence-corrected chi connectivity index (χ3v) is 7.40. The Kier molecular flexibility index (Phi) is 9.91. The number of piperidine rings is 1. The van der Waals surface area contributed by atoms with Gasteiger partial charge in [0.05, 0.1) is 19.2 Å². The molecule has 1 fully saturated rings. The Morgan fingerprint density at radius 3 is 2.51 bits per heavy atom. The normalized spacial score (nSPS) is 13.4. The lowest BCUT2D eigenvalue weighted by atomic mass is 9.99. The summed E-state index contributed by atoms with van der Waals surface area (Å²) in [5.41, 5.74) is 1.68. The molecule has 0 spiro atoms. The zero-order chi connectivity index (χ0) is 30.2. The minimum absolute atomic E-state index is 0.0666. The fourth-order valence-electron chi connectivity index (χ4n) is 4.77. The molecule has 0 saturated carbocycles. The first-order chi connectivity index (χ1) is 20.9. The third-order valence-electron chi connectivity index (χ3n) is 7.15. The Balaban J connectivity index is 1.21. The highest BCUT2D eigenvalue weighted by molar-refractivity contribution is 6.39. The minimum Gasteiger partial charge on any atom is -0.493 e. The highest BCUT2D eigenvalue weighted by Crippen LogP contribution is 2.38. The second kappa shape index (κ2) is 14.2. The number of carbonyl (C=O) groups excluding carboxylic acids is 2. The van der Waals surface area contributed by atoms with Crippen LogP contribution in [0.4, 0.5) is 10.1 Å². The number of nitrogens with zero attached hydrogens (tertiary/aromatic N) is 1. The molecule has 0 bridgehead atoms. The van der Waals surface area contributed by atoms with Crippen LogP contribution >= 0.6 is 11.6 Å². The first-order valence-corrected chi connectivity index (χ1v) is 14.4. The van der Waals surface area contributed by atoms with Gasteiger partial charge in [0.15, 0.2) is 23.1 Å². The van der Waals surface area contributed by atoms with Gasteiger partial charge in [0, 0.05) is 41.0 Å². The molecule has 2 heterocycles. The first kappa shape index (κ1) is 30.1. The van der Waals surface area contributed by atoms with Crippen LogP contribution in [0.2, 0.25) is 5.02 Å². The van der Waals surface area contributed by atoms with E-state index in [1.807, 2.05) is 12.1 Å². The molecule has 9 nitrogen and oxygen atoms in total. The Labute approximate surface area is 253 Å². The van der Waals surface area contributed by atoms with Crippen molar-refractivity contribution in [3.05, 3.63) is 83.3 Å². The van der Waals surface area contributed by atoms with E-state index in [1.165, 1.54) is 12.1 Å². The maximum absolute atomic E-state index is 15.0. The number of amides is 2. The lowest BCUT2D eigenvalue weighted by Gasteiger charge is -2.23.